The van der Waals surface area contributed by atoms with E-state index in [0.717, 1.165) is 30.7 Å². The van der Waals surface area contributed by atoms with Crippen LogP contribution in [0.4, 0.5) is 0 Å². The van der Waals surface area contributed by atoms with E-state index in [9.17, 15) is 4.79 Å². The van der Waals surface area contributed by atoms with Gasteiger partial charge in [-0.2, -0.15) is 4.98 Å². The lowest BCUT2D eigenvalue weighted by Crippen LogP contribution is -2.26. The first kappa shape index (κ1) is 19.2. The van der Waals surface area contributed by atoms with Gasteiger partial charge in [-0.25, -0.2) is 0 Å². The summed E-state index contributed by atoms with van der Waals surface area (Å²) in [6.45, 7) is 3.97. The van der Waals surface area contributed by atoms with Crippen LogP contribution < -0.4 is 4.74 Å². The Bertz CT molecular complexity index is 938. The molecule has 0 bridgehead atoms. The second kappa shape index (κ2) is 8.90. The monoisotopic (exact) mass is 391 g/mol. The van der Waals surface area contributed by atoms with Crippen LogP contribution in [0.25, 0.3) is 11.4 Å². The van der Waals surface area contributed by atoms with Crippen molar-refractivity contribution >= 4 is 5.91 Å². The van der Waals surface area contributed by atoms with Gasteiger partial charge in [-0.15, -0.1) is 0 Å². The number of carbonyl (C=O) groups is 1. The van der Waals surface area contributed by atoms with Crippen LogP contribution in [0.1, 0.15) is 37.1 Å². The van der Waals surface area contributed by atoms with Crippen LogP contribution in [0.5, 0.6) is 5.75 Å². The number of hydrogen-bond donors (Lipinski definition) is 0. The summed E-state index contributed by atoms with van der Waals surface area (Å²) in [6, 6.07) is 18.0. The van der Waals surface area contributed by atoms with Gasteiger partial charge in [0.2, 0.25) is 17.6 Å². The van der Waals surface area contributed by atoms with Crippen molar-refractivity contribution in [3.05, 3.63) is 66.1 Å². The first-order chi connectivity index (χ1) is 14.2. The van der Waals surface area contributed by atoms with E-state index in [2.05, 4.69) is 22.3 Å². The normalized spacial score (nSPS) is 16.4. The Morgan fingerprint density at radius 3 is 2.69 bits per heavy atom. The molecule has 150 valence electrons. The fourth-order valence-corrected chi connectivity index (χ4v) is 3.66. The van der Waals surface area contributed by atoms with Crippen LogP contribution in [0.2, 0.25) is 0 Å². The van der Waals surface area contributed by atoms with Crippen LogP contribution in [0.3, 0.4) is 0 Å². The summed E-state index contributed by atoms with van der Waals surface area (Å²) in [7, 11) is 0. The molecule has 1 atom stereocenters. The molecule has 6 nitrogen and oxygen atoms in total. The average Bonchev–Trinajstić information content (AvgIpc) is 3.37. The first-order valence-corrected chi connectivity index (χ1v) is 10.1. The highest BCUT2D eigenvalue weighted by molar-refractivity contribution is 5.79. The molecule has 2 heterocycles. The van der Waals surface area contributed by atoms with Gasteiger partial charge in [0.05, 0.1) is 12.5 Å². The number of amides is 1. The zero-order valence-corrected chi connectivity index (χ0v) is 16.6. The van der Waals surface area contributed by atoms with Crippen molar-refractivity contribution in [2.75, 3.05) is 19.7 Å². The minimum atomic E-state index is -0.0387. The molecule has 3 aromatic rings. The van der Waals surface area contributed by atoms with E-state index in [1.807, 2.05) is 54.3 Å². The van der Waals surface area contributed by atoms with Crippen LogP contribution in [-0.4, -0.2) is 40.6 Å². The molecule has 0 spiro atoms. The van der Waals surface area contributed by atoms with Gasteiger partial charge in [0.1, 0.15) is 5.75 Å². The zero-order chi connectivity index (χ0) is 20.1. The van der Waals surface area contributed by atoms with E-state index in [1.165, 1.54) is 5.56 Å². The highest BCUT2D eigenvalue weighted by atomic mass is 16.5. The summed E-state index contributed by atoms with van der Waals surface area (Å²) in [5, 5.41) is 4.10. The third kappa shape index (κ3) is 4.65. The summed E-state index contributed by atoms with van der Waals surface area (Å²) in [5.41, 5.74) is 2.17. The topological polar surface area (TPSA) is 68.5 Å². The third-order valence-electron chi connectivity index (χ3n) is 5.17. The summed E-state index contributed by atoms with van der Waals surface area (Å²) < 4.78 is 10.9. The molecule has 1 aromatic heterocycles. The molecule has 1 saturated heterocycles. The smallest absolute Gasteiger partial charge is 0.232 e. The van der Waals surface area contributed by atoms with Gasteiger partial charge in [0.25, 0.3) is 0 Å². The zero-order valence-electron chi connectivity index (χ0n) is 16.6. The van der Waals surface area contributed by atoms with Crippen molar-refractivity contribution in [1.82, 2.24) is 15.0 Å². The minimum absolute atomic E-state index is 0.0387. The fraction of sp³-hybridized carbons (Fsp3) is 0.348. The number of aromatic nitrogens is 2. The summed E-state index contributed by atoms with van der Waals surface area (Å²) in [4.78, 5) is 18.8. The van der Waals surface area contributed by atoms with E-state index in [0.29, 0.717) is 31.3 Å². The number of carbonyl (C=O) groups excluding carboxylic acids is 1. The average molecular weight is 391 g/mol. The molecule has 0 N–H and O–H groups in total. The van der Waals surface area contributed by atoms with Gasteiger partial charge >= 0.3 is 0 Å². The Balaban J connectivity index is 1.34. The number of nitrogens with zero attached hydrogens (tertiary/aromatic N) is 3. The summed E-state index contributed by atoms with van der Waals surface area (Å²) in [5.74, 6) is 2.00. The van der Waals surface area contributed by atoms with Crippen LogP contribution in [0.15, 0.2) is 59.1 Å². The SMILES string of the molecule is CCOc1ccc(-c2noc(C3CC(=O)N(CCCc4ccccc4)C3)n2)cc1. The van der Waals surface area contributed by atoms with Crippen molar-refractivity contribution in [3.63, 3.8) is 0 Å². The van der Waals surface area contributed by atoms with Gasteiger partial charge in [-0.3, -0.25) is 4.79 Å². The maximum Gasteiger partial charge on any atom is 0.232 e. The molecule has 0 saturated carbocycles. The van der Waals surface area contributed by atoms with Gasteiger partial charge in [-0.1, -0.05) is 35.5 Å². The van der Waals surface area contributed by atoms with Crippen molar-refractivity contribution in [2.45, 2.75) is 32.1 Å². The lowest BCUT2D eigenvalue weighted by Gasteiger charge is -2.15. The maximum absolute atomic E-state index is 12.4. The standard InChI is InChI=1S/C23H25N3O3/c1-2-28-20-12-10-18(11-13-20)22-24-23(29-25-22)19-15-21(27)26(16-19)14-6-9-17-7-4-3-5-8-17/h3-5,7-8,10-13,19H,2,6,9,14-16H2,1H3. The van der Waals surface area contributed by atoms with Gasteiger partial charge in [0.15, 0.2) is 0 Å². The van der Waals surface area contributed by atoms with Crippen molar-refractivity contribution in [2.24, 2.45) is 0 Å². The van der Waals surface area contributed by atoms with Crippen molar-refractivity contribution in [3.8, 4) is 17.1 Å². The summed E-state index contributed by atoms with van der Waals surface area (Å²) >= 11 is 0. The number of benzene rings is 2. The van der Waals surface area contributed by atoms with E-state index < -0.39 is 0 Å². The van der Waals surface area contributed by atoms with Gasteiger partial charge in [-0.05, 0) is 49.6 Å². The predicted molar refractivity (Wildman–Crippen MR) is 110 cm³/mol. The molecule has 1 amide bonds. The van der Waals surface area contributed by atoms with E-state index in [4.69, 9.17) is 9.26 Å². The summed E-state index contributed by atoms with van der Waals surface area (Å²) in [6.07, 6.45) is 2.34. The molecule has 2 aromatic carbocycles. The van der Waals surface area contributed by atoms with Crippen LogP contribution in [0, 0.1) is 0 Å². The van der Waals surface area contributed by atoms with E-state index in [-0.39, 0.29) is 11.8 Å². The Labute approximate surface area is 170 Å². The third-order valence-corrected chi connectivity index (χ3v) is 5.17. The highest BCUT2D eigenvalue weighted by Gasteiger charge is 2.34. The molecule has 1 aliphatic rings. The molecule has 0 aliphatic carbocycles. The molecule has 0 radical (unpaired) electrons. The van der Waals surface area contributed by atoms with Gasteiger partial charge < -0.3 is 14.2 Å². The first-order valence-electron chi connectivity index (χ1n) is 10.1. The number of ether oxygens (including phenoxy) is 1. The Hall–Kier alpha value is -3.15. The molecular formula is C23H25N3O3. The largest absolute Gasteiger partial charge is 0.494 e. The number of rotatable bonds is 8. The Morgan fingerprint density at radius 2 is 1.93 bits per heavy atom. The lowest BCUT2D eigenvalue weighted by molar-refractivity contribution is -0.127. The molecule has 1 aliphatic heterocycles. The van der Waals surface area contributed by atoms with E-state index in [1.54, 1.807) is 0 Å². The molecule has 4 rings (SSSR count). The predicted octanol–water partition coefficient (Wildman–Crippen LogP) is 4.08. The number of hydrogen-bond acceptors (Lipinski definition) is 5. The van der Waals surface area contributed by atoms with Gasteiger partial charge in [0, 0.05) is 25.1 Å². The molecule has 1 fully saturated rings. The second-order valence-electron chi connectivity index (χ2n) is 7.24. The van der Waals surface area contributed by atoms with Crippen molar-refractivity contribution in [1.29, 1.82) is 0 Å². The molecule has 1 unspecified atom stereocenters. The quantitative estimate of drug-likeness (QED) is 0.579. The maximum atomic E-state index is 12.4. The van der Waals surface area contributed by atoms with Crippen molar-refractivity contribution < 1.29 is 14.1 Å². The number of aryl methyl sites for hydroxylation is 1. The highest BCUT2D eigenvalue weighted by Crippen LogP contribution is 2.29. The molecule has 29 heavy (non-hydrogen) atoms. The van der Waals surface area contributed by atoms with Crippen LogP contribution in [-0.2, 0) is 11.2 Å². The fourth-order valence-electron chi connectivity index (χ4n) is 3.66. The molecule has 6 heteroatoms. The Kier molecular flexibility index (Phi) is 5.89. The van der Waals surface area contributed by atoms with E-state index >= 15 is 0 Å². The minimum Gasteiger partial charge on any atom is -0.494 e. The Morgan fingerprint density at radius 1 is 1.14 bits per heavy atom. The second-order valence-corrected chi connectivity index (χ2v) is 7.24. The number of likely N-dealkylation sites (tertiary alicyclic amines) is 1. The van der Waals surface area contributed by atoms with Crippen LogP contribution >= 0.6 is 0 Å². The molecular weight excluding hydrogens is 366 g/mol. The lowest BCUT2D eigenvalue weighted by atomic mass is 10.1.